The van der Waals surface area contributed by atoms with E-state index in [2.05, 4.69) is 11.8 Å². The molecule has 1 aliphatic heterocycles. The fourth-order valence-electron chi connectivity index (χ4n) is 2.66. The lowest BCUT2D eigenvalue weighted by Gasteiger charge is -2.27. The molecule has 0 spiro atoms. The van der Waals surface area contributed by atoms with Crippen LogP contribution in [0.3, 0.4) is 0 Å². The van der Waals surface area contributed by atoms with Crippen molar-refractivity contribution in [2.45, 2.75) is 51.4 Å². The van der Waals surface area contributed by atoms with Crippen LogP contribution in [0.15, 0.2) is 18.2 Å². The molecule has 1 aromatic carbocycles. The Bertz CT molecular complexity index is 584. The van der Waals surface area contributed by atoms with E-state index in [4.69, 9.17) is 21.1 Å². The standard InChI is InChI=1S/C17H20ClFO2/c1-16(2)11-15(17(3,4)21-16)20-14-10-12(6-5-9-18)7-8-13(14)19/h7-8,10,15H,9,11H2,1-4H3. The summed E-state index contributed by atoms with van der Waals surface area (Å²) >= 11 is 5.53. The highest BCUT2D eigenvalue weighted by Crippen LogP contribution is 2.39. The Morgan fingerprint density at radius 1 is 1.38 bits per heavy atom. The second-order valence-corrected chi connectivity index (χ2v) is 6.62. The predicted molar refractivity (Wildman–Crippen MR) is 82.3 cm³/mol. The summed E-state index contributed by atoms with van der Waals surface area (Å²) < 4.78 is 25.8. The highest BCUT2D eigenvalue weighted by atomic mass is 35.5. The van der Waals surface area contributed by atoms with Gasteiger partial charge in [-0.1, -0.05) is 11.8 Å². The summed E-state index contributed by atoms with van der Waals surface area (Å²) in [6.45, 7) is 7.94. The zero-order chi connectivity index (χ0) is 15.7. The summed E-state index contributed by atoms with van der Waals surface area (Å²) in [6, 6.07) is 4.58. The minimum atomic E-state index is -0.465. The molecule has 0 amide bonds. The van der Waals surface area contributed by atoms with Gasteiger partial charge in [0.2, 0.25) is 0 Å². The first-order valence-electron chi connectivity index (χ1n) is 6.95. The van der Waals surface area contributed by atoms with Gasteiger partial charge in [0.05, 0.1) is 11.5 Å². The van der Waals surface area contributed by atoms with Crippen molar-refractivity contribution < 1.29 is 13.9 Å². The molecule has 21 heavy (non-hydrogen) atoms. The number of benzene rings is 1. The van der Waals surface area contributed by atoms with Crippen LogP contribution in [0.25, 0.3) is 0 Å². The van der Waals surface area contributed by atoms with Gasteiger partial charge in [-0.05, 0) is 45.9 Å². The van der Waals surface area contributed by atoms with Gasteiger partial charge >= 0.3 is 0 Å². The van der Waals surface area contributed by atoms with Crippen LogP contribution in [0.2, 0.25) is 0 Å². The first-order valence-corrected chi connectivity index (χ1v) is 7.48. The molecule has 0 saturated carbocycles. The van der Waals surface area contributed by atoms with Crippen LogP contribution in [0.1, 0.15) is 39.7 Å². The van der Waals surface area contributed by atoms with Crippen molar-refractivity contribution in [3.05, 3.63) is 29.6 Å². The summed E-state index contributed by atoms with van der Waals surface area (Å²) in [7, 11) is 0. The third-order valence-corrected chi connectivity index (χ3v) is 3.63. The molecule has 0 bridgehead atoms. The number of rotatable bonds is 2. The maximum Gasteiger partial charge on any atom is 0.165 e. The van der Waals surface area contributed by atoms with Gasteiger partial charge in [0, 0.05) is 12.0 Å². The average Bonchev–Trinajstić information content (AvgIpc) is 2.58. The van der Waals surface area contributed by atoms with Crippen molar-refractivity contribution in [2.24, 2.45) is 0 Å². The van der Waals surface area contributed by atoms with Gasteiger partial charge in [-0.2, -0.15) is 0 Å². The molecule has 1 unspecified atom stereocenters. The maximum atomic E-state index is 13.9. The lowest BCUT2D eigenvalue weighted by molar-refractivity contribution is -0.0849. The van der Waals surface area contributed by atoms with Crippen molar-refractivity contribution in [2.75, 3.05) is 5.88 Å². The SMILES string of the molecule is CC1(C)CC(Oc2cc(C#CCCl)ccc2F)C(C)(C)O1. The second-order valence-electron chi connectivity index (χ2n) is 6.36. The number of hydrogen-bond acceptors (Lipinski definition) is 2. The van der Waals surface area contributed by atoms with Crippen LogP contribution in [0, 0.1) is 17.7 Å². The van der Waals surface area contributed by atoms with Gasteiger partial charge in [-0.15, -0.1) is 11.6 Å². The number of ether oxygens (including phenoxy) is 2. The first kappa shape index (κ1) is 16.1. The van der Waals surface area contributed by atoms with E-state index in [-0.39, 0.29) is 23.3 Å². The van der Waals surface area contributed by atoms with Gasteiger partial charge in [-0.3, -0.25) is 0 Å². The van der Waals surface area contributed by atoms with E-state index in [1.54, 1.807) is 12.1 Å². The van der Waals surface area contributed by atoms with E-state index in [1.165, 1.54) is 6.07 Å². The number of alkyl halides is 1. The maximum absolute atomic E-state index is 13.9. The van der Waals surface area contributed by atoms with Crippen molar-refractivity contribution in [3.8, 4) is 17.6 Å². The Kier molecular flexibility index (Phi) is 4.51. The van der Waals surface area contributed by atoms with Crippen LogP contribution >= 0.6 is 11.6 Å². The lowest BCUT2D eigenvalue weighted by Crippen LogP contribution is -2.36. The Labute approximate surface area is 130 Å². The smallest absolute Gasteiger partial charge is 0.165 e. The van der Waals surface area contributed by atoms with E-state index < -0.39 is 11.4 Å². The molecule has 0 radical (unpaired) electrons. The zero-order valence-corrected chi connectivity index (χ0v) is 13.6. The van der Waals surface area contributed by atoms with Crippen molar-refractivity contribution in [3.63, 3.8) is 0 Å². The fraction of sp³-hybridized carbons (Fsp3) is 0.529. The number of hydrogen-bond donors (Lipinski definition) is 0. The quantitative estimate of drug-likeness (QED) is 0.604. The summed E-state index contributed by atoms with van der Waals surface area (Å²) in [4.78, 5) is 0. The largest absolute Gasteiger partial charge is 0.484 e. The molecular formula is C17H20ClFO2. The Morgan fingerprint density at radius 2 is 2.10 bits per heavy atom. The van der Waals surface area contributed by atoms with E-state index in [0.717, 1.165) is 0 Å². The van der Waals surface area contributed by atoms with Crippen LogP contribution in [0.4, 0.5) is 4.39 Å². The third-order valence-electron chi connectivity index (χ3n) is 3.49. The van der Waals surface area contributed by atoms with Crippen LogP contribution in [-0.2, 0) is 4.74 Å². The molecule has 0 aliphatic carbocycles. The Morgan fingerprint density at radius 3 is 2.67 bits per heavy atom. The van der Waals surface area contributed by atoms with Gasteiger partial charge < -0.3 is 9.47 Å². The number of halogens is 2. The molecule has 2 nitrogen and oxygen atoms in total. The third kappa shape index (κ3) is 3.90. The molecular weight excluding hydrogens is 291 g/mol. The highest BCUT2D eigenvalue weighted by Gasteiger charge is 2.47. The minimum absolute atomic E-state index is 0.204. The molecule has 1 saturated heterocycles. The molecule has 1 heterocycles. The van der Waals surface area contributed by atoms with Crippen LogP contribution in [0.5, 0.6) is 5.75 Å². The topological polar surface area (TPSA) is 18.5 Å². The predicted octanol–water partition coefficient (Wildman–Crippen LogP) is 4.14. The summed E-state index contributed by atoms with van der Waals surface area (Å²) in [5.41, 5.74) is -0.0583. The van der Waals surface area contributed by atoms with Crippen LogP contribution < -0.4 is 4.74 Å². The monoisotopic (exact) mass is 310 g/mol. The minimum Gasteiger partial charge on any atom is -0.484 e. The summed E-state index contributed by atoms with van der Waals surface area (Å²) in [5, 5.41) is 0. The van der Waals surface area contributed by atoms with Gasteiger partial charge in [0.25, 0.3) is 0 Å². The molecule has 1 fully saturated rings. The van der Waals surface area contributed by atoms with Gasteiger partial charge in [0.1, 0.15) is 11.7 Å². The van der Waals surface area contributed by atoms with Crippen molar-refractivity contribution >= 4 is 11.6 Å². The second kappa shape index (κ2) is 5.87. The molecule has 1 aromatic rings. The lowest BCUT2D eigenvalue weighted by atomic mass is 9.97. The first-order chi connectivity index (χ1) is 9.73. The van der Waals surface area contributed by atoms with E-state index in [0.29, 0.717) is 12.0 Å². The highest BCUT2D eigenvalue weighted by molar-refractivity contribution is 6.19. The molecule has 4 heteroatoms. The Hall–Kier alpha value is -1.24. The van der Waals surface area contributed by atoms with E-state index in [1.807, 2.05) is 27.7 Å². The van der Waals surface area contributed by atoms with Gasteiger partial charge in [-0.25, -0.2) is 4.39 Å². The molecule has 0 N–H and O–H groups in total. The molecule has 1 aliphatic rings. The van der Waals surface area contributed by atoms with Crippen LogP contribution in [-0.4, -0.2) is 23.2 Å². The molecule has 114 valence electrons. The zero-order valence-electron chi connectivity index (χ0n) is 12.8. The van der Waals surface area contributed by atoms with Gasteiger partial charge in [0.15, 0.2) is 11.6 Å². The Balaban J connectivity index is 2.23. The summed E-state index contributed by atoms with van der Waals surface area (Å²) in [6.07, 6.45) is 0.495. The van der Waals surface area contributed by atoms with E-state index in [9.17, 15) is 4.39 Å². The molecule has 0 aromatic heterocycles. The van der Waals surface area contributed by atoms with E-state index >= 15 is 0 Å². The van der Waals surface area contributed by atoms with Crippen molar-refractivity contribution in [1.29, 1.82) is 0 Å². The fourth-order valence-corrected chi connectivity index (χ4v) is 2.72. The normalized spacial score (nSPS) is 22.5. The average molecular weight is 311 g/mol. The molecule has 1 atom stereocenters. The summed E-state index contributed by atoms with van der Waals surface area (Å²) in [5.74, 6) is 5.66. The molecule has 2 rings (SSSR count). The van der Waals surface area contributed by atoms with Crippen molar-refractivity contribution in [1.82, 2.24) is 0 Å².